The molecule has 106 valence electrons. The summed E-state index contributed by atoms with van der Waals surface area (Å²) < 4.78 is 31.1. The first-order chi connectivity index (χ1) is 9.47. The summed E-state index contributed by atoms with van der Waals surface area (Å²) in [4.78, 5) is 3.98. The summed E-state index contributed by atoms with van der Waals surface area (Å²) in [6.07, 6.45) is 3.00. The second-order valence-electron chi connectivity index (χ2n) is 3.86. The predicted octanol–water partition coefficient (Wildman–Crippen LogP) is 3.02. The van der Waals surface area contributed by atoms with Crippen LogP contribution in [-0.2, 0) is 0 Å². The van der Waals surface area contributed by atoms with Gasteiger partial charge in [-0.25, -0.2) is 9.66 Å². The van der Waals surface area contributed by atoms with Crippen LogP contribution in [0.1, 0.15) is 11.3 Å². The van der Waals surface area contributed by atoms with Crippen molar-refractivity contribution in [2.45, 2.75) is 13.5 Å². The van der Waals surface area contributed by atoms with E-state index in [2.05, 4.69) is 30.8 Å². The summed E-state index contributed by atoms with van der Waals surface area (Å²) in [5.74, 6) is 0.232. The average molecular weight is 345 g/mol. The fraction of sp³-hybridized carbons (Fsp3) is 0.167. The number of hydrogen-bond donors (Lipinski definition) is 1. The highest BCUT2D eigenvalue weighted by Crippen LogP contribution is 2.26. The normalized spacial score (nSPS) is 11.4. The fourth-order valence-corrected chi connectivity index (χ4v) is 2.01. The maximum Gasteiger partial charge on any atom is 0.387 e. The molecule has 0 saturated heterocycles. The van der Waals surface area contributed by atoms with Crippen molar-refractivity contribution in [3.05, 3.63) is 40.1 Å². The summed E-state index contributed by atoms with van der Waals surface area (Å²) in [5, 5.41) is 4.07. The molecule has 20 heavy (non-hydrogen) atoms. The molecule has 0 spiro atoms. The van der Waals surface area contributed by atoms with Crippen LogP contribution >= 0.6 is 15.9 Å². The molecular weight excluding hydrogens is 334 g/mol. The third kappa shape index (κ3) is 3.32. The van der Waals surface area contributed by atoms with Gasteiger partial charge < -0.3 is 10.5 Å². The van der Waals surface area contributed by atoms with E-state index in [-0.39, 0.29) is 11.7 Å². The number of nitrogen functional groups attached to an aromatic ring is 1. The van der Waals surface area contributed by atoms with Crippen LogP contribution in [-0.4, -0.2) is 22.5 Å². The highest BCUT2D eigenvalue weighted by molar-refractivity contribution is 9.10. The van der Waals surface area contributed by atoms with Crippen LogP contribution in [0.3, 0.4) is 0 Å². The molecule has 0 unspecified atom stereocenters. The van der Waals surface area contributed by atoms with Gasteiger partial charge in [0.25, 0.3) is 0 Å². The lowest BCUT2D eigenvalue weighted by atomic mass is 10.2. The second-order valence-corrected chi connectivity index (χ2v) is 4.71. The molecule has 1 aromatic heterocycles. The van der Waals surface area contributed by atoms with Crippen molar-refractivity contribution < 1.29 is 13.5 Å². The van der Waals surface area contributed by atoms with Crippen LogP contribution in [0.15, 0.2) is 34.0 Å². The van der Waals surface area contributed by atoms with Gasteiger partial charge in [-0.05, 0) is 35.0 Å². The Kier molecular flexibility index (Phi) is 4.33. The minimum Gasteiger partial charge on any atom is -0.434 e. The Morgan fingerprint density at radius 3 is 2.85 bits per heavy atom. The van der Waals surface area contributed by atoms with E-state index in [1.54, 1.807) is 25.3 Å². The number of halogens is 3. The molecule has 0 atom stereocenters. The monoisotopic (exact) mass is 344 g/mol. The van der Waals surface area contributed by atoms with Crippen molar-refractivity contribution in [2.24, 2.45) is 5.10 Å². The maximum absolute atomic E-state index is 12.3. The first-order valence-corrected chi connectivity index (χ1v) is 6.36. The van der Waals surface area contributed by atoms with Gasteiger partial charge in [0, 0.05) is 4.47 Å². The highest BCUT2D eigenvalue weighted by atomic mass is 79.9. The number of aryl methyl sites for hydroxylation is 1. The van der Waals surface area contributed by atoms with Crippen LogP contribution < -0.4 is 10.5 Å². The number of rotatable bonds is 4. The minimum atomic E-state index is -2.91. The largest absolute Gasteiger partial charge is 0.434 e. The lowest BCUT2D eigenvalue weighted by Gasteiger charge is -2.08. The molecule has 2 aromatic rings. The standard InChI is InChI=1S/C12H11BrF2N4O/c1-7-6-19(12(16)18-7)17-5-8-9(13)3-2-4-10(8)20-11(14)15/h2-6,11H,1H3,(H2,16,18). The lowest BCUT2D eigenvalue weighted by Crippen LogP contribution is -2.05. The Balaban J connectivity index is 2.35. The Labute approximate surface area is 122 Å². The maximum atomic E-state index is 12.3. The van der Waals surface area contributed by atoms with Crippen molar-refractivity contribution in [3.8, 4) is 5.75 Å². The topological polar surface area (TPSA) is 65.4 Å². The van der Waals surface area contributed by atoms with Gasteiger partial charge in [-0.1, -0.05) is 6.07 Å². The molecule has 8 heteroatoms. The molecule has 0 radical (unpaired) electrons. The molecule has 1 aromatic carbocycles. The molecule has 0 bridgehead atoms. The Bertz CT molecular complexity index is 642. The summed E-state index contributed by atoms with van der Waals surface area (Å²) in [6, 6.07) is 4.72. The van der Waals surface area contributed by atoms with E-state index in [0.29, 0.717) is 15.7 Å². The molecule has 2 N–H and O–H groups in total. The van der Waals surface area contributed by atoms with Crippen LogP contribution in [0.25, 0.3) is 0 Å². The molecule has 0 aliphatic rings. The molecule has 2 rings (SSSR count). The van der Waals surface area contributed by atoms with Crippen LogP contribution in [0, 0.1) is 6.92 Å². The van der Waals surface area contributed by atoms with Crippen molar-refractivity contribution in [3.63, 3.8) is 0 Å². The average Bonchev–Trinajstić information content (AvgIpc) is 2.66. The number of aromatic nitrogens is 2. The van der Waals surface area contributed by atoms with Gasteiger partial charge in [0.15, 0.2) is 0 Å². The molecule has 0 amide bonds. The number of anilines is 1. The van der Waals surface area contributed by atoms with E-state index in [0.717, 1.165) is 0 Å². The van der Waals surface area contributed by atoms with Gasteiger partial charge in [-0.3, -0.25) is 0 Å². The van der Waals surface area contributed by atoms with E-state index in [1.807, 2.05) is 0 Å². The summed E-state index contributed by atoms with van der Waals surface area (Å²) in [6.45, 7) is -1.14. The molecule has 0 aliphatic carbocycles. The smallest absolute Gasteiger partial charge is 0.387 e. The van der Waals surface area contributed by atoms with Gasteiger partial charge in [0.2, 0.25) is 5.95 Å². The van der Waals surface area contributed by atoms with E-state index in [4.69, 9.17) is 5.73 Å². The van der Waals surface area contributed by atoms with E-state index in [1.165, 1.54) is 17.0 Å². The number of ether oxygens (including phenoxy) is 1. The van der Waals surface area contributed by atoms with Crippen molar-refractivity contribution in [1.82, 2.24) is 9.66 Å². The summed E-state index contributed by atoms with van der Waals surface area (Å²) in [7, 11) is 0. The van der Waals surface area contributed by atoms with Crippen molar-refractivity contribution in [2.75, 3.05) is 5.73 Å². The van der Waals surface area contributed by atoms with Crippen LogP contribution in [0.4, 0.5) is 14.7 Å². The summed E-state index contributed by atoms with van der Waals surface area (Å²) >= 11 is 3.26. The number of benzene rings is 1. The molecule has 1 heterocycles. The zero-order valence-corrected chi connectivity index (χ0v) is 12.0. The molecule has 0 fully saturated rings. The van der Waals surface area contributed by atoms with Gasteiger partial charge in [-0.2, -0.15) is 13.9 Å². The van der Waals surface area contributed by atoms with Gasteiger partial charge in [-0.15, -0.1) is 0 Å². The highest BCUT2D eigenvalue weighted by Gasteiger charge is 2.11. The molecule has 5 nitrogen and oxygen atoms in total. The zero-order valence-electron chi connectivity index (χ0n) is 10.4. The van der Waals surface area contributed by atoms with Crippen molar-refractivity contribution in [1.29, 1.82) is 0 Å². The van der Waals surface area contributed by atoms with E-state index >= 15 is 0 Å². The van der Waals surface area contributed by atoms with E-state index < -0.39 is 6.61 Å². The first kappa shape index (κ1) is 14.4. The second kappa shape index (κ2) is 6.00. The predicted molar refractivity (Wildman–Crippen MR) is 75.1 cm³/mol. The number of alkyl halides is 2. The first-order valence-electron chi connectivity index (χ1n) is 5.56. The Hall–Kier alpha value is -1.96. The van der Waals surface area contributed by atoms with Crippen molar-refractivity contribution >= 4 is 28.1 Å². The third-order valence-corrected chi connectivity index (χ3v) is 3.07. The molecular formula is C12H11BrF2N4O. The molecule has 0 aliphatic heterocycles. The Morgan fingerprint density at radius 2 is 2.25 bits per heavy atom. The molecule has 0 saturated carbocycles. The third-order valence-electron chi connectivity index (χ3n) is 2.37. The zero-order chi connectivity index (χ0) is 14.7. The number of imidazole rings is 1. The Morgan fingerprint density at radius 1 is 1.50 bits per heavy atom. The van der Waals surface area contributed by atoms with Gasteiger partial charge in [0.1, 0.15) is 5.75 Å². The fourth-order valence-electron chi connectivity index (χ4n) is 1.56. The number of hydrogen-bond acceptors (Lipinski definition) is 4. The summed E-state index contributed by atoms with van der Waals surface area (Å²) in [5.41, 5.74) is 6.73. The quantitative estimate of drug-likeness (QED) is 0.867. The lowest BCUT2D eigenvalue weighted by molar-refractivity contribution is -0.0499. The van der Waals surface area contributed by atoms with Crippen LogP contribution in [0.2, 0.25) is 0 Å². The number of nitrogens with zero attached hydrogens (tertiary/aromatic N) is 3. The van der Waals surface area contributed by atoms with E-state index in [9.17, 15) is 8.78 Å². The van der Waals surface area contributed by atoms with Gasteiger partial charge >= 0.3 is 6.61 Å². The number of nitrogens with two attached hydrogens (primary N) is 1. The van der Waals surface area contributed by atoms with Crippen LogP contribution in [0.5, 0.6) is 5.75 Å². The van der Waals surface area contributed by atoms with Gasteiger partial charge in [0.05, 0.1) is 23.7 Å². The minimum absolute atomic E-state index is 0.0218. The SMILES string of the molecule is Cc1cn(N=Cc2c(Br)cccc2OC(F)F)c(N)n1.